The Kier molecular flexibility index (Phi) is 9.36. The molecule has 156 valence electrons. The Hall–Kier alpha value is -0.720. The summed E-state index contributed by atoms with van der Waals surface area (Å²) in [6, 6.07) is 10.8. The highest BCUT2D eigenvalue weighted by Crippen LogP contribution is 2.36. The molecule has 0 atom stereocenters. The Morgan fingerprint density at radius 2 is 1.14 bits per heavy atom. The number of halogens is 8. The standard InChI is InChI=1S/C8H6BrF3O2S.C8H6BrF3S/c9-5-6-1-3-7(4-2-6)15(13,14)8(10,11)12;9-5-6-1-3-7(4-2-6)13-8(10,11)12/h1-4H,5H2;1-4H,5H2. The van der Waals surface area contributed by atoms with E-state index in [1.807, 2.05) is 0 Å². The molecular weight excluding hydrogens is 562 g/mol. The summed E-state index contributed by atoms with van der Waals surface area (Å²) < 4.78 is 93.8. The van der Waals surface area contributed by atoms with Crippen molar-refractivity contribution in [2.24, 2.45) is 0 Å². The maximum atomic E-state index is 12.1. The second-order valence-corrected chi connectivity index (χ2v) is 9.25. The molecule has 2 nitrogen and oxygen atoms in total. The molecule has 0 heterocycles. The fourth-order valence-electron chi connectivity index (χ4n) is 1.67. The Balaban J connectivity index is 0.000000283. The lowest BCUT2D eigenvalue weighted by molar-refractivity contribution is -0.0436. The summed E-state index contributed by atoms with van der Waals surface area (Å²) in [6.45, 7) is 0. The maximum absolute atomic E-state index is 12.1. The van der Waals surface area contributed by atoms with Crippen molar-refractivity contribution >= 4 is 53.5 Å². The normalized spacial score (nSPS) is 12.3. The van der Waals surface area contributed by atoms with Crippen LogP contribution in [0.15, 0.2) is 58.3 Å². The van der Waals surface area contributed by atoms with Crippen molar-refractivity contribution in [1.82, 2.24) is 0 Å². The molecule has 28 heavy (non-hydrogen) atoms. The third-order valence-electron chi connectivity index (χ3n) is 3.00. The van der Waals surface area contributed by atoms with Crippen LogP contribution in [0.2, 0.25) is 0 Å². The van der Waals surface area contributed by atoms with E-state index in [2.05, 4.69) is 31.9 Å². The second-order valence-electron chi connectivity index (χ2n) is 5.05. The smallest absolute Gasteiger partial charge is 0.214 e. The molecule has 0 unspecified atom stereocenters. The molecule has 0 aliphatic heterocycles. The maximum Gasteiger partial charge on any atom is 0.501 e. The van der Waals surface area contributed by atoms with E-state index in [0.717, 1.165) is 17.7 Å². The van der Waals surface area contributed by atoms with Crippen LogP contribution in [0.3, 0.4) is 0 Å². The molecule has 0 spiro atoms. The van der Waals surface area contributed by atoms with Gasteiger partial charge in [0.05, 0.1) is 4.90 Å². The molecule has 2 aromatic carbocycles. The van der Waals surface area contributed by atoms with E-state index in [-0.39, 0.29) is 16.7 Å². The number of hydrogen-bond donors (Lipinski definition) is 0. The van der Waals surface area contributed by atoms with Crippen LogP contribution in [0, 0.1) is 0 Å². The van der Waals surface area contributed by atoms with Gasteiger partial charge in [-0.3, -0.25) is 0 Å². The molecule has 0 aliphatic rings. The molecule has 0 amide bonds. The summed E-state index contributed by atoms with van der Waals surface area (Å²) in [7, 11) is -5.22. The zero-order valence-electron chi connectivity index (χ0n) is 13.7. The fourth-order valence-corrected chi connectivity index (χ4v) is 3.72. The van der Waals surface area contributed by atoms with Gasteiger partial charge in [0.2, 0.25) is 0 Å². The van der Waals surface area contributed by atoms with Crippen molar-refractivity contribution in [2.45, 2.75) is 31.5 Å². The highest BCUT2D eigenvalue weighted by Gasteiger charge is 2.46. The lowest BCUT2D eigenvalue weighted by Crippen LogP contribution is -2.23. The Morgan fingerprint density at radius 1 is 0.750 bits per heavy atom. The van der Waals surface area contributed by atoms with Crippen LogP contribution in [0.25, 0.3) is 0 Å². The Bertz CT molecular complexity index is 849. The van der Waals surface area contributed by atoms with E-state index in [4.69, 9.17) is 0 Å². The summed E-state index contributed by atoms with van der Waals surface area (Å²) in [5.74, 6) is 0. The predicted octanol–water partition coefficient (Wildman–Crippen LogP) is 7.07. The summed E-state index contributed by atoms with van der Waals surface area (Å²) >= 11 is 6.22. The molecule has 0 bridgehead atoms. The van der Waals surface area contributed by atoms with Crippen LogP contribution in [-0.4, -0.2) is 19.4 Å². The molecular formula is C16H12Br2F6O2S2. The van der Waals surface area contributed by atoms with Crippen molar-refractivity contribution < 1.29 is 34.8 Å². The first kappa shape index (κ1) is 25.3. The van der Waals surface area contributed by atoms with Crippen molar-refractivity contribution in [1.29, 1.82) is 0 Å². The molecule has 0 aliphatic carbocycles. The first-order chi connectivity index (χ1) is 12.8. The molecule has 0 saturated heterocycles. The van der Waals surface area contributed by atoms with E-state index in [0.29, 0.717) is 16.2 Å². The van der Waals surface area contributed by atoms with Gasteiger partial charge in [-0.25, -0.2) is 8.42 Å². The van der Waals surface area contributed by atoms with Gasteiger partial charge in [-0.05, 0) is 47.2 Å². The largest absolute Gasteiger partial charge is 0.501 e. The quantitative estimate of drug-likeness (QED) is 0.223. The minimum absolute atomic E-state index is 0.0954. The van der Waals surface area contributed by atoms with Crippen LogP contribution in [0.4, 0.5) is 26.3 Å². The molecule has 0 N–H and O–H groups in total. The van der Waals surface area contributed by atoms with Crippen molar-refractivity contribution in [2.75, 3.05) is 0 Å². The average Bonchev–Trinajstić information content (AvgIpc) is 2.60. The zero-order valence-corrected chi connectivity index (χ0v) is 18.5. The highest BCUT2D eigenvalue weighted by molar-refractivity contribution is 9.08. The van der Waals surface area contributed by atoms with E-state index < -0.39 is 25.7 Å². The van der Waals surface area contributed by atoms with Gasteiger partial charge in [0.25, 0.3) is 9.84 Å². The van der Waals surface area contributed by atoms with Crippen LogP contribution in [0.1, 0.15) is 11.1 Å². The lowest BCUT2D eigenvalue weighted by atomic mass is 10.2. The van der Waals surface area contributed by atoms with Gasteiger partial charge in [-0.2, -0.15) is 26.3 Å². The van der Waals surface area contributed by atoms with Gasteiger partial charge in [0.15, 0.2) is 0 Å². The van der Waals surface area contributed by atoms with Gasteiger partial charge < -0.3 is 0 Å². The van der Waals surface area contributed by atoms with Crippen molar-refractivity contribution in [3.63, 3.8) is 0 Å². The molecule has 0 aromatic heterocycles. The van der Waals surface area contributed by atoms with E-state index >= 15 is 0 Å². The second kappa shape index (κ2) is 10.4. The lowest BCUT2D eigenvalue weighted by Gasteiger charge is -2.07. The van der Waals surface area contributed by atoms with Crippen LogP contribution < -0.4 is 0 Å². The molecule has 0 radical (unpaired) electrons. The summed E-state index contributed by atoms with van der Waals surface area (Å²) in [6.07, 6.45) is 0. The van der Waals surface area contributed by atoms with Crippen LogP contribution >= 0.6 is 43.6 Å². The van der Waals surface area contributed by atoms with Gasteiger partial charge in [-0.1, -0.05) is 56.1 Å². The highest BCUT2D eigenvalue weighted by atomic mass is 79.9. The van der Waals surface area contributed by atoms with E-state index in [1.165, 1.54) is 24.3 Å². The average molecular weight is 574 g/mol. The fraction of sp³-hybridized carbons (Fsp3) is 0.250. The van der Waals surface area contributed by atoms with E-state index in [9.17, 15) is 34.8 Å². The number of hydrogen-bond acceptors (Lipinski definition) is 3. The number of alkyl halides is 8. The molecule has 2 aromatic rings. The topological polar surface area (TPSA) is 34.1 Å². The molecule has 12 heteroatoms. The Labute approximate surface area is 178 Å². The number of thioether (sulfide) groups is 1. The number of benzene rings is 2. The molecule has 0 fully saturated rings. The third-order valence-corrected chi connectivity index (χ3v) is 6.54. The van der Waals surface area contributed by atoms with Gasteiger partial charge in [-0.15, -0.1) is 0 Å². The number of sulfone groups is 1. The first-order valence-electron chi connectivity index (χ1n) is 7.17. The monoisotopic (exact) mass is 572 g/mol. The van der Waals surface area contributed by atoms with Crippen LogP contribution in [0.5, 0.6) is 0 Å². The minimum atomic E-state index is -5.25. The van der Waals surface area contributed by atoms with Crippen molar-refractivity contribution in [3.8, 4) is 0 Å². The van der Waals surface area contributed by atoms with Gasteiger partial charge in [0.1, 0.15) is 0 Å². The SMILES string of the molecule is FC(F)(F)Sc1ccc(CBr)cc1.O=S(=O)(c1ccc(CBr)cc1)C(F)(F)F. The first-order valence-corrected chi connectivity index (χ1v) is 11.7. The zero-order chi connectivity index (χ0) is 21.6. The van der Waals surface area contributed by atoms with Crippen molar-refractivity contribution in [3.05, 3.63) is 59.7 Å². The number of rotatable bonds is 4. The predicted molar refractivity (Wildman–Crippen MR) is 103 cm³/mol. The minimum Gasteiger partial charge on any atom is -0.214 e. The van der Waals surface area contributed by atoms with Crippen LogP contribution in [-0.2, 0) is 20.5 Å². The van der Waals surface area contributed by atoms with Gasteiger partial charge in [0, 0.05) is 15.6 Å². The van der Waals surface area contributed by atoms with Gasteiger partial charge >= 0.3 is 11.0 Å². The summed E-state index contributed by atoms with van der Waals surface area (Å²) in [5.41, 5.74) is -7.78. The summed E-state index contributed by atoms with van der Waals surface area (Å²) in [4.78, 5) is -0.517. The third kappa shape index (κ3) is 7.96. The molecule has 0 saturated carbocycles. The summed E-state index contributed by atoms with van der Waals surface area (Å²) in [5, 5.41) is 1.11. The molecule has 2 rings (SSSR count). The van der Waals surface area contributed by atoms with E-state index in [1.54, 1.807) is 12.1 Å². The Morgan fingerprint density at radius 3 is 1.46 bits per heavy atom.